The smallest absolute Gasteiger partial charge is 0.255 e. The number of ether oxygens (including phenoxy) is 1. The summed E-state index contributed by atoms with van der Waals surface area (Å²) in [6.07, 6.45) is 4.93. The van der Waals surface area contributed by atoms with E-state index in [-0.39, 0.29) is 11.9 Å². The van der Waals surface area contributed by atoms with Crippen LogP contribution in [0.1, 0.15) is 33.1 Å². The van der Waals surface area contributed by atoms with Gasteiger partial charge in [0.1, 0.15) is 12.4 Å². The van der Waals surface area contributed by atoms with Gasteiger partial charge in [-0.05, 0) is 37.1 Å². The third kappa shape index (κ3) is 2.65. The summed E-state index contributed by atoms with van der Waals surface area (Å²) in [6, 6.07) is 7.62. The highest BCUT2D eigenvalue weighted by atomic mass is 16.5. The van der Waals surface area contributed by atoms with E-state index in [0.29, 0.717) is 17.9 Å². The number of nitrogens with zero attached hydrogens (tertiary/aromatic N) is 2. The van der Waals surface area contributed by atoms with E-state index < -0.39 is 0 Å². The molecule has 1 amide bonds. The van der Waals surface area contributed by atoms with E-state index in [4.69, 9.17) is 4.74 Å². The molecule has 0 saturated heterocycles. The van der Waals surface area contributed by atoms with E-state index in [0.717, 1.165) is 22.4 Å². The van der Waals surface area contributed by atoms with E-state index >= 15 is 0 Å². The highest BCUT2D eigenvalue weighted by Gasteiger charge is 2.28. The lowest BCUT2D eigenvalue weighted by molar-refractivity contribution is 0.0931. The number of hydrogen-bond acceptors (Lipinski definition) is 4. The van der Waals surface area contributed by atoms with Crippen LogP contribution in [-0.4, -0.2) is 27.7 Å². The monoisotopic (exact) mass is 334 g/mol. The average molecular weight is 334 g/mol. The molecule has 0 aliphatic carbocycles. The molecule has 3 heterocycles. The van der Waals surface area contributed by atoms with Crippen LogP contribution in [0.3, 0.4) is 0 Å². The molecular weight excluding hydrogens is 316 g/mol. The van der Waals surface area contributed by atoms with Gasteiger partial charge in [0, 0.05) is 23.5 Å². The molecule has 1 aromatic carbocycles. The molecule has 4 rings (SSSR count). The van der Waals surface area contributed by atoms with Crippen LogP contribution in [0.4, 0.5) is 0 Å². The Balaban J connectivity index is 1.60. The summed E-state index contributed by atoms with van der Waals surface area (Å²) in [5.41, 5.74) is 5.28. The molecule has 126 valence electrons. The summed E-state index contributed by atoms with van der Waals surface area (Å²) >= 11 is 0. The number of H-pyrrole nitrogens is 1. The lowest BCUT2D eigenvalue weighted by Crippen LogP contribution is -2.29. The number of rotatable bonds is 3. The van der Waals surface area contributed by atoms with Gasteiger partial charge in [-0.25, -0.2) is 0 Å². The fourth-order valence-corrected chi connectivity index (χ4v) is 3.08. The number of pyridine rings is 1. The lowest BCUT2D eigenvalue weighted by atomic mass is 10.0. The zero-order valence-electron chi connectivity index (χ0n) is 14.0. The Hall–Kier alpha value is -3.15. The summed E-state index contributed by atoms with van der Waals surface area (Å²) in [4.78, 5) is 16.9. The molecule has 0 radical (unpaired) electrons. The van der Waals surface area contributed by atoms with Crippen molar-refractivity contribution in [3.05, 3.63) is 65.1 Å². The molecule has 0 unspecified atom stereocenters. The predicted molar refractivity (Wildman–Crippen MR) is 93.4 cm³/mol. The zero-order chi connectivity index (χ0) is 17.4. The maximum absolute atomic E-state index is 12.8. The van der Waals surface area contributed by atoms with Gasteiger partial charge in [-0.3, -0.25) is 14.9 Å². The molecule has 2 N–H and O–H groups in total. The van der Waals surface area contributed by atoms with E-state index in [1.54, 1.807) is 12.4 Å². The van der Waals surface area contributed by atoms with Gasteiger partial charge in [0.05, 0.1) is 23.5 Å². The molecule has 0 bridgehead atoms. The number of aromatic nitrogens is 3. The Morgan fingerprint density at radius 2 is 2.16 bits per heavy atom. The number of carbonyl (C=O) groups is 1. The largest absolute Gasteiger partial charge is 0.490 e. The van der Waals surface area contributed by atoms with E-state index in [1.807, 2.05) is 25.1 Å². The molecule has 1 aliphatic rings. The van der Waals surface area contributed by atoms with Crippen molar-refractivity contribution in [2.24, 2.45) is 0 Å². The third-order valence-corrected chi connectivity index (χ3v) is 4.62. The van der Waals surface area contributed by atoms with Gasteiger partial charge >= 0.3 is 0 Å². The molecule has 25 heavy (non-hydrogen) atoms. The Kier molecular flexibility index (Phi) is 3.72. The van der Waals surface area contributed by atoms with Crippen molar-refractivity contribution >= 4 is 5.91 Å². The molecular formula is C19H18N4O2. The summed E-state index contributed by atoms with van der Waals surface area (Å²) in [5, 5.41) is 9.95. The topological polar surface area (TPSA) is 79.9 Å². The highest BCUT2D eigenvalue weighted by molar-refractivity contribution is 6.00. The average Bonchev–Trinajstić information content (AvgIpc) is 3.26. The molecule has 0 spiro atoms. The van der Waals surface area contributed by atoms with Crippen molar-refractivity contribution in [2.75, 3.05) is 6.61 Å². The van der Waals surface area contributed by atoms with Crippen LogP contribution < -0.4 is 10.1 Å². The van der Waals surface area contributed by atoms with Crippen LogP contribution >= 0.6 is 0 Å². The second-order valence-corrected chi connectivity index (χ2v) is 6.16. The molecule has 0 fully saturated rings. The molecule has 0 saturated carbocycles. The number of carbonyl (C=O) groups excluding carboxylic acids is 1. The molecule has 1 atom stereocenters. The first-order valence-corrected chi connectivity index (χ1v) is 8.12. The van der Waals surface area contributed by atoms with Gasteiger partial charge in [0.2, 0.25) is 0 Å². The first kappa shape index (κ1) is 15.4. The summed E-state index contributed by atoms with van der Waals surface area (Å²) in [7, 11) is 0. The first-order chi connectivity index (χ1) is 12.1. The Labute approximate surface area is 145 Å². The SMILES string of the molecule is Cc1ccc2c(c1C)OC[C@H]2NC(=O)c1cn[nH]c1-c1cccnc1. The minimum Gasteiger partial charge on any atom is -0.490 e. The van der Waals surface area contributed by atoms with E-state index in [9.17, 15) is 4.79 Å². The first-order valence-electron chi connectivity index (χ1n) is 8.12. The van der Waals surface area contributed by atoms with Crippen molar-refractivity contribution in [2.45, 2.75) is 19.9 Å². The van der Waals surface area contributed by atoms with Crippen LogP contribution in [-0.2, 0) is 0 Å². The van der Waals surface area contributed by atoms with Crippen LogP contribution in [0.25, 0.3) is 11.3 Å². The number of amides is 1. The maximum atomic E-state index is 12.8. The van der Waals surface area contributed by atoms with Crippen LogP contribution in [0, 0.1) is 13.8 Å². The quantitative estimate of drug-likeness (QED) is 0.772. The number of aromatic amines is 1. The van der Waals surface area contributed by atoms with E-state index in [1.165, 1.54) is 11.8 Å². The third-order valence-electron chi connectivity index (χ3n) is 4.62. The number of nitrogens with one attached hydrogen (secondary N) is 2. The molecule has 1 aliphatic heterocycles. The Morgan fingerprint density at radius 1 is 1.28 bits per heavy atom. The van der Waals surface area contributed by atoms with Crippen molar-refractivity contribution < 1.29 is 9.53 Å². The predicted octanol–water partition coefficient (Wildman–Crippen LogP) is 2.95. The van der Waals surface area contributed by atoms with Gasteiger partial charge in [0.25, 0.3) is 5.91 Å². The normalized spacial score (nSPS) is 15.5. The minimum atomic E-state index is -0.188. The van der Waals surface area contributed by atoms with Crippen LogP contribution in [0.5, 0.6) is 5.75 Å². The van der Waals surface area contributed by atoms with Crippen molar-refractivity contribution in [1.29, 1.82) is 0 Å². The van der Waals surface area contributed by atoms with Crippen molar-refractivity contribution in [3.63, 3.8) is 0 Å². The number of fused-ring (bicyclic) bond motifs is 1. The van der Waals surface area contributed by atoms with Crippen molar-refractivity contribution in [1.82, 2.24) is 20.5 Å². The molecule has 6 nitrogen and oxygen atoms in total. The number of hydrogen-bond donors (Lipinski definition) is 2. The van der Waals surface area contributed by atoms with Gasteiger partial charge in [-0.2, -0.15) is 5.10 Å². The molecule has 6 heteroatoms. The standard InChI is InChI=1S/C19H18N4O2/c1-11-5-6-14-16(10-25-18(14)12(11)2)22-19(24)15-9-21-23-17(15)13-4-3-7-20-8-13/h3-9,16H,10H2,1-2H3,(H,21,23)(H,22,24)/t16-/m1/s1. The van der Waals surface area contributed by atoms with E-state index in [2.05, 4.69) is 33.5 Å². The van der Waals surface area contributed by atoms with Crippen LogP contribution in [0.2, 0.25) is 0 Å². The highest BCUT2D eigenvalue weighted by Crippen LogP contribution is 2.36. The second kappa shape index (κ2) is 6.05. The number of benzene rings is 1. The summed E-state index contributed by atoms with van der Waals surface area (Å²) in [6.45, 7) is 4.52. The molecule has 3 aromatic rings. The minimum absolute atomic E-state index is 0.168. The van der Waals surface area contributed by atoms with Gasteiger partial charge in [-0.15, -0.1) is 0 Å². The maximum Gasteiger partial charge on any atom is 0.255 e. The second-order valence-electron chi connectivity index (χ2n) is 6.16. The summed E-state index contributed by atoms with van der Waals surface area (Å²) < 4.78 is 5.81. The fourth-order valence-electron chi connectivity index (χ4n) is 3.08. The van der Waals surface area contributed by atoms with Gasteiger partial charge < -0.3 is 10.1 Å². The Bertz CT molecular complexity index is 934. The summed E-state index contributed by atoms with van der Waals surface area (Å²) in [5.74, 6) is 0.692. The number of aryl methyl sites for hydroxylation is 1. The van der Waals surface area contributed by atoms with Crippen molar-refractivity contribution in [3.8, 4) is 17.0 Å². The lowest BCUT2D eigenvalue weighted by Gasteiger charge is -2.12. The van der Waals surface area contributed by atoms with Crippen LogP contribution in [0.15, 0.2) is 42.9 Å². The molecule has 2 aromatic heterocycles. The Morgan fingerprint density at radius 3 is 2.96 bits per heavy atom. The van der Waals surface area contributed by atoms with Gasteiger partial charge in [0.15, 0.2) is 0 Å². The fraction of sp³-hybridized carbons (Fsp3) is 0.211. The van der Waals surface area contributed by atoms with Gasteiger partial charge in [-0.1, -0.05) is 12.1 Å². The zero-order valence-corrected chi connectivity index (χ0v) is 14.0.